The number of hydrogen-bond acceptors (Lipinski definition) is 4. The molecule has 3 heterocycles. The average molecular weight is 531 g/mol. The first-order chi connectivity index (χ1) is 17.6. The van der Waals surface area contributed by atoms with Crippen LogP contribution >= 0.6 is 19.0 Å². The summed E-state index contributed by atoms with van der Waals surface area (Å²) in [5.41, 5.74) is 2.55. The summed E-state index contributed by atoms with van der Waals surface area (Å²) in [4.78, 5) is 13.7. The van der Waals surface area contributed by atoms with E-state index in [9.17, 15) is 4.79 Å². The Labute approximate surface area is 216 Å². The SMILES string of the molecule is CCCn1nc2ccccc2c1P(=NC(=O)Nc1cccc(Cl)c1)(N1CCOCC1)N1CCOCC1. The lowest BCUT2D eigenvalue weighted by Crippen LogP contribution is -2.48. The summed E-state index contributed by atoms with van der Waals surface area (Å²) in [7, 11) is -2.78. The summed E-state index contributed by atoms with van der Waals surface area (Å²) >= 11 is 6.18. The molecule has 0 unspecified atom stereocenters. The second-order valence-corrected chi connectivity index (χ2v) is 12.1. The monoisotopic (exact) mass is 530 g/mol. The van der Waals surface area contributed by atoms with Gasteiger partial charge in [0.05, 0.1) is 31.9 Å². The molecule has 36 heavy (non-hydrogen) atoms. The summed E-state index contributed by atoms with van der Waals surface area (Å²) in [5, 5.41) is 9.55. The molecule has 0 spiro atoms. The summed E-state index contributed by atoms with van der Waals surface area (Å²) in [6, 6.07) is 14.9. The van der Waals surface area contributed by atoms with Crippen LogP contribution in [0.2, 0.25) is 5.02 Å². The van der Waals surface area contributed by atoms with E-state index in [0.717, 1.165) is 29.3 Å². The number of benzene rings is 2. The van der Waals surface area contributed by atoms with Gasteiger partial charge in [0, 0.05) is 48.8 Å². The molecule has 1 N–H and O–H groups in total. The lowest BCUT2D eigenvalue weighted by molar-refractivity contribution is 0.0577. The molecule has 0 aliphatic carbocycles. The van der Waals surface area contributed by atoms with Crippen LogP contribution in [0, 0.1) is 0 Å². The molecule has 5 rings (SSSR count). The quantitative estimate of drug-likeness (QED) is 0.467. The molecular weight excluding hydrogens is 499 g/mol. The minimum Gasteiger partial charge on any atom is -0.379 e. The van der Waals surface area contributed by atoms with Gasteiger partial charge in [-0.05, 0) is 30.7 Å². The summed E-state index contributed by atoms with van der Waals surface area (Å²) in [6.45, 7) is 8.00. The van der Waals surface area contributed by atoms with Gasteiger partial charge in [0.25, 0.3) is 0 Å². The van der Waals surface area contributed by atoms with Gasteiger partial charge in [0.1, 0.15) is 5.44 Å². The summed E-state index contributed by atoms with van der Waals surface area (Å²) in [6.07, 6.45) is 0.919. The highest BCUT2D eigenvalue weighted by Crippen LogP contribution is 2.57. The fourth-order valence-corrected chi connectivity index (χ4v) is 9.02. The van der Waals surface area contributed by atoms with Crippen LogP contribution in [-0.4, -0.2) is 77.8 Å². The number of nitrogens with one attached hydrogen (secondary N) is 1. The van der Waals surface area contributed by atoms with Gasteiger partial charge in [-0.25, -0.2) is 14.1 Å². The molecule has 2 aliphatic heterocycles. The Balaban J connectivity index is 1.74. The third kappa shape index (κ3) is 5.09. The number of carbonyl (C=O) groups excluding carboxylic acids is 1. The maximum absolute atomic E-state index is 13.7. The van der Waals surface area contributed by atoms with Gasteiger partial charge in [0.15, 0.2) is 7.36 Å². The number of rotatable bonds is 6. The minimum absolute atomic E-state index is 0.392. The zero-order valence-electron chi connectivity index (χ0n) is 20.5. The maximum atomic E-state index is 13.7. The van der Waals surface area contributed by atoms with Crippen LogP contribution in [0.15, 0.2) is 53.3 Å². The van der Waals surface area contributed by atoms with E-state index < -0.39 is 13.4 Å². The Morgan fingerprint density at radius 1 is 1.03 bits per heavy atom. The number of aromatic nitrogens is 2. The van der Waals surface area contributed by atoms with E-state index in [1.807, 2.05) is 30.3 Å². The largest absolute Gasteiger partial charge is 0.379 e. The number of nitrogens with zero attached hydrogens (tertiary/aromatic N) is 5. The van der Waals surface area contributed by atoms with Gasteiger partial charge >= 0.3 is 6.03 Å². The lowest BCUT2D eigenvalue weighted by atomic mass is 10.3. The Morgan fingerprint density at radius 2 is 1.69 bits per heavy atom. The van der Waals surface area contributed by atoms with Crippen molar-refractivity contribution in [2.75, 3.05) is 57.9 Å². The fraction of sp³-hybridized carbons (Fsp3) is 0.440. The highest BCUT2D eigenvalue weighted by Gasteiger charge is 2.43. The van der Waals surface area contributed by atoms with Crippen molar-refractivity contribution >= 4 is 47.0 Å². The number of hydrogen-bond donors (Lipinski definition) is 1. The van der Waals surface area contributed by atoms with Crippen LogP contribution in [0.4, 0.5) is 10.5 Å². The van der Waals surface area contributed by atoms with Crippen LogP contribution < -0.4 is 10.8 Å². The van der Waals surface area contributed by atoms with E-state index in [4.69, 9.17) is 30.9 Å². The third-order valence-corrected chi connectivity index (χ3v) is 10.5. The predicted octanol–water partition coefficient (Wildman–Crippen LogP) is 4.65. The van der Waals surface area contributed by atoms with Crippen LogP contribution in [-0.2, 0) is 16.0 Å². The first kappa shape index (κ1) is 25.4. The normalized spacial score (nSPS) is 17.8. The number of fused-ring (bicyclic) bond motifs is 1. The smallest absolute Gasteiger partial charge is 0.346 e. The number of anilines is 1. The molecule has 2 aromatic carbocycles. The van der Waals surface area contributed by atoms with Crippen molar-refractivity contribution in [2.45, 2.75) is 19.9 Å². The lowest BCUT2D eigenvalue weighted by Gasteiger charge is -2.46. The highest BCUT2D eigenvalue weighted by molar-refractivity contribution is 7.70. The zero-order chi connectivity index (χ0) is 25.0. The van der Waals surface area contributed by atoms with Gasteiger partial charge in [0.2, 0.25) is 0 Å². The maximum Gasteiger partial charge on any atom is 0.346 e. The number of amides is 2. The molecule has 0 radical (unpaired) electrons. The molecule has 2 aliphatic rings. The predicted molar refractivity (Wildman–Crippen MR) is 144 cm³/mol. The Hall–Kier alpha value is -2.26. The molecule has 0 atom stereocenters. The van der Waals surface area contributed by atoms with E-state index in [1.54, 1.807) is 12.1 Å². The first-order valence-corrected chi connectivity index (χ1v) is 14.5. The van der Waals surface area contributed by atoms with Crippen molar-refractivity contribution in [1.29, 1.82) is 0 Å². The van der Waals surface area contributed by atoms with E-state index in [0.29, 0.717) is 63.3 Å². The van der Waals surface area contributed by atoms with Crippen LogP contribution in [0.3, 0.4) is 0 Å². The molecule has 3 aromatic rings. The van der Waals surface area contributed by atoms with Crippen LogP contribution in [0.5, 0.6) is 0 Å². The van der Waals surface area contributed by atoms with Crippen LogP contribution in [0.25, 0.3) is 10.9 Å². The van der Waals surface area contributed by atoms with Crippen molar-refractivity contribution in [3.05, 3.63) is 53.6 Å². The average Bonchev–Trinajstić information content (AvgIpc) is 3.27. The summed E-state index contributed by atoms with van der Waals surface area (Å²) < 4.78 is 23.4. The van der Waals surface area contributed by atoms with Gasteiger partial charge in [-0.2, -0.15) is 9.84 Å². The van der Waals surface area contributed by atoms with E-state index in [2.05, 4.69) is 32.3 Å². The molecule has 11 heteroatoms. The van der Waals surface area contributed by atoms with E-state index in [1.165, 1.54) is 0 Å². The third-order valence-electron chi connectivity index (χ3n) is 6.41. The molecule has 2 fully saturated rings. The molecule has 0 saturated carbocycles. The molecular formula is C25H32ClN6O3P. The minimum atomic E-state index is -2.78. The van der Waals surface area contributed by atoms with E-state index >= 15 is 0 Å². The van der Waals surface area contributed by atoms with Crippen molar-refractivity contribution < 1.29 is 14.3 Å². The molecule has 2 amide bonds. The van der Waals surface area contributed by atoms with Crippen molar-refractivity contribution in [3.63, 3.8) is 0 Å². The first-order valence-electron chi connectivity index (χ1n) is 12.4. The molecule has 9 nitrogen and oxygen atoms in total. The second-order valence-electron chi connectivity index (χ2n) is 8.80. The standard InChI is InChI=1S/C25H32ClN6O3P/c1-2-10-32-24(22-8-3-4-9-23(22)28-32)36(30-11-15-34-16-12-30,31-13-17-35-18-14-31)29-25(33)27-21-7-5-6-20(26)19-21/h3-9,19H,2,10-18H2,1H3,(H,27,33). The molecule has 0 bridgehead atoms. The Bertz CT molecular complexity index is 1250. The number of ether oxygens (including phenoxy) is 2. The Kier molecular flexibility index (Phi) is 8.06. The molecule has 2 saturated heterocycles. The topological polar surface area (TPSA) is 84.2 Å². The molecule has 192 valence electrons. The molecule has 1 aromatic heterocycles. The van der Waals surface area contributed by atoms with Gasteiger partial charge < -0.3 is 14.8 Å². The Morgan fingerprint density at radius 3 is 2.33 bits per heavy atom. The van der Waals surface area contributed by atoms with Gasteiger partial charge in [-0.3, -0.25) is 4.68 Å². The number of aryl methyl sites for hydroxylation is 1. The number of morpholine rings is 2. The van der Waals surface area contributed by atoms with Gasteiger partial charge in [-0.15, -0.1) is 0 Å². The summed E-state index contributed by atoms with van der Waals surface area (Å²) in [5.74, 6) is 0. The van der Waals surface area contributed by atoms with E-state index in [-0.39, 0.29) is 0 Å². The number of urea groups is 1. The number of halogens is 1. The van der Waals surface area contributed by atoms with Crippen molar-refractivity contribution in [2.24, 2.45) is 4.74 Å². The fourth-order valence-electron chi connectivity index (χ4n) is 4.88. The van der Waals surface area contributed by atoms with Crippen LogP contribution in [0.1, 0.15) is 13.3 Å². The second kappa shape index (κ2) is 11.4. The van der Waals surface area contributed by atoms with Crippen molar-refractivity contribution in [1.82, 2.24) is 19.1 Å². The highest BCUT2D eigenvalue weighted by atomic mass is 35.5. The van der Waals surface area contributed by atoms with Crippen molar-refractivity contribution in [3.8, 4) is 0 Å². The number of carbonyl (C=O) groups is 1. The zero-order valence-corrected chi connectivity index (χ0v) is 22.1. The van der Waals surface area contributed by atoms with Gasteiger partial charge in [-0.1, -0.05) is 42.8 Å².